The molecular formula is C17H20FNO3S2. The van der Waals surface area contributed by atoms with Gasteiger partial charge in [-0.25, -0.2) is 17.5 Å². The van der Waals surface area contributed by atoms with Crippen LogP contribution in [0.15, 0.2) is 47.4 Å². The topological polar surface area (TPSA) is 55.4 Å². The van der Waals surface area contributed by atoms with Crippen LogP contribution in [0.1, 0.15) is 11.1 Å². The molecule has 0 spiro atoms. The quantitative estimate of drug-likeness (QED) is 0.725. The number of rotatable bonds is 8. The van der Waals surface area contributed by atoms with Crippen molar-refractivity contribution in [2.45, 2.75) is 17.6 Å². The molecule has 130 valence electrons. The number of aryl methyl sites for hydroxylation is 1. The molecule has 0 aliphatic carbocycles. The zero-order valence-corrected chi connectivity index (χ0v) is 15.2. The maximum atomic E-state index is 13.5. The van der Waals surface area contributed by atoms with Crippen LogP contribution in [-0.4, -0.2) is 27.8 Å². The standard InChI is InChI=1S/C17H20FNO3S2/c1-13-7-8-16(22-2)17(11-13)24(20,21)19-9-10-23-12-14-5-3-4-6-15(14)18/h3-8,11,19H,9-10,12H2,1-2H3. The molecular weight excluding hydrogens is 349 g/mol. The molecule has 0 fully saturated rings. The van der Waals surface area contributed by atoms with Gasteiger partial charge in [-0.15, -0.1) is 0 Å². The number of methoxy groups -OCH3 is 1. The van der Waals surface area contributed by atoms with Gasteiger partial charge in [0.25, 0.3) is 0 Å². The molecule has 1 N–H and O–H groups in total. The monoisotopic (exact) mass is 369 g/mol. The average molecular weight is 369 g/mol. The van der Waals surface area contributed by atoms with Gasteiger partial charge < -0.3 is 4.74 Å². The van der Waals surface area contributed by atoms with Crippen LogP contribution in [0.5, 0.6) is 5.75 Å². The highest BCUT2D eigenvalue weighted by Crippen LogP contribution is 2.24. The van der Waals surface area contributed by atoms with Crippen LogP contribution in [0.3, 0.4) is 0 Å². The Bertz CT molecular complexity index is 794. The van der Waals surface area contributed by atoms with Gasteiger partial charge in [0.1, 0.15) is 16.5 Å². The third-order valence-corrected chi connectivity index (χ3v) is 5.85. The Morgan fingerprint density at radius 1 is 1.21 bits per heavy atom. The summed E-state index contributed by atoms with van der Waals surface area (Å²) in [7, 11) is -2.20. The minimum Gasteiger partial charge on any atom is -0.495 e. The van der Waals surface area contributed by atoms with Crippen molar-refractivity contribution in [3.63, 3.8) is 0 Å². The van der Waals surface area contributed by atoms with Crippen molar-refractivity contribution in [2.75, 3.05) is 19.4 Å². The van der Waals surface area contributed by atoms with Crippen molar-refractivity contribution in [1.82, 2.24) is 4.72 Å². The first-order valence-electron chi connectivity index (χ1n) is 7.39. The van der Waals surface area contributed by atoms with E-state index in [1.807, 2.05) is 6.92 Å². The Balaban J connectivity index is 1.90. The summed E-state index contributed by atoms with van der Waals surface area (Å²) in [6, 6.07) is 11.6. The second-order valence-corrected chi connectivity index (χ2v) is 8.04. The van der Waals surface area contributed by atoms with Gasteiger partial charge in [0.05, 0.1) is 7.11 Å². The highest BCUT2D eigenvalue weighted by Gasteiger charge is 2.19. The predicted molar refractivity (Wildman–Crippen MR) is 95.5 cm³/mol. The lowest BCUT2D eigenvalue weighted by Gasteiger charge is -2.11. The summed E-state index contributed by atoms with van der Waals surface area (Å²) in [6.45, 7) is 2.08. The van der Waals surface area contributed by atoms with Gasteiger partial charge in [-0.1, -0.05) is 24.3 Å². The van der Waals surface area contributed by atoms with E-state index in [9.17, 15) is 12.8 Å². The molecule has 0 aromatic heterocycles. The molecule has 0 saturated heterocycles. The summed E-state index contributed by atoms with van der Waals surface area (Å²) in [5, 5.41) is 0. The van der Waals surface area contributed by atoms with Crippen molar-refractivity contribution in [2.24, 2.45) is 0 Å². The Labute approximate surface area is 146 Å². The zero-order valence-electron chi connectivity index (χ0n) is 13.6. The minimum atomic E-state index is -3.64. The van der Waals surface area contributed by atoms with E-state index in [1.165, 1.54) is 24.9 Å². The number of hydrogen-bond donors (Lipinski definition) is 1. The van der Waals surface area contributed by atoms with Gasteiger partial charge in [-0.3, -0.25) is 0 Å². The molecule has 0 radical (unpaired) electrons. The first-order valence-corrected chi connectivity index (χ1v) is 10.0. The van der Waals surface area contributed by atoms with Crippen molar-refractivity contribution in [3.8, 4) is 5.75 Å². The molecule has 2 aromatic rings. The van der Waals surface area contributed by atoms with E-state index in [1.54, 1.807) is 36.4 Å². The Morgan fingerprint density at radius 2 is 1.96 bits per heavy atom. The number of benzene rings is 2. The zero-order chi connectivity index (χ0) is 17.6. The summed E-state index contributed by atoms with van der Waals surface area (Å²) in [5.74, 6) is 1.12. The first-order chi connectivity index (χ1) is 11.4. The molecule has 24 heavy (non-hydrogen) atoms. The number of hydrogen-bond acceptors (Lipinski definition) is 4. The molecule has 0 saturated carbocycles. The predicted octanol–water partition coefficient (Wildman–Crippen LogP) is 3.35. The van der Waals surface area contributed by atoms with Gasteiger partial charge in [0.2, 0.25) is 10.0 Å². The van der Waals surface area contributed by atoms with Gasteiger partial charge >= 0.3 is 0 Å². The van der Waals surface area contributed by atoms with Crippen LogP contribution in [0.25, 0.3) is 0 Å². The van der Waals surface area contributed by atoms with Crippen LogP contribution in [0.4, 0.5) is 4.39 Å². The Morgan fingerprint density at radius 3 is 2.67 bits per heavy atom. The summed E-state index contributed by atoms with van der Waals surface area (Å²) >= 11 is 1.47. The lowest BCUT2D eigenvalue weighted by molar-refractivity contribution is 0.402. The molecule has 4 nitrogen and oxygen atoms in total. The smallest absolute Gasteiger partial charge is 0.244 e. The largest absolute Gasteiger partial charge is 0.495 e. The molecule has 0 atom stereocenters. The summed E-state index contributed by atoms with van der Waals surface area (Å²) in [5.41, 5.74) is 1.45. The van der Waals surface area contributed by atoms with Gasteiger partial charge in [-0.2, -0.15) is 11.8 Å². The number of ether oxygens (including phenoxy) is 1. The fraction of sp³-hybridized carbons (Fsp3) is 0.294. The molecule has 7 heteroatoms. The van der Waals surface area contributed by atoms with E-state index in [0.29, 0.717) is 22.8 Å². The second-order valence-electron chi connectivity index (χ2n) is 5.20. The van der Waals surface area contributed by atoms with Gasteiger partial charge in [-0.05, 0) is 36.2 Å². The number of sulfonamides is 1. The SMILES string of the molecule is COc1ccc(C)cc1S(=O)(=O)NCCSCc1ccccc1F. The number of thioether (sulfide) groups is 1. The lowest BCUT2D eigenvalue weighted by atomic mass is 10.2. The molecule has 0 amide bonds. The molecule has 0 bridgehead atoms. The minimum absolute atomic E-state index is 0.129. The highest BCUT2D eigenvalue weighted by atomic mass is 32.2. The highest BCUT2D eigenvalue weighted by molar-refractivity contribution is 7.98. The van der Waals surface area contributed by atoms with Crippen LogP contribution < -0.4 is 9.46 Å². The Hall–Kier alpha value is -1.57. The van der Waals surface area contributed by atoms with E-state index in [2.05, 4.69) is 4.72 Å². The maximum Gasteiger partial charge on any atom is 0.244 e. The van der Waals surface area contributed by atoms with Crippen LogP contribution in [-0.2, 0) is 15.8 Å². The van der Waals surface area contributed by atoms with Crippen LogP contribution in [0, 0.1) is 12.7 Å². The third kappa shape index (κ3) is 4.96. The molecule has 0 heterocycles. The Kier molecular flexibility index (Phi) is 6.65. The summed E-state index contributed by atoms with van der Waals surface area (Å²) < 4.78 is 45.9. The first kappa shape index (κ1) is 18.8. The van der Waals surface area contributed by atoms with Crippen LogP contribution >= 0.6 is 11.8 Å². The van der Waals surface area contributed by atoms with E-state index < -0.39 is 10.0 Å². The van der Waals surface area contributed by atoms with E-state index >= 15 is 0 Å². The van der Waals surface area contributed by atoms with Crippen molar-refractivity contribution in [1.29, 1.82) is 0 Å². The number of nitrogens with one attached hydrogen (secondary N) is 1. The summed E-state index contributed by atoms with van der Waals surface area (Å²) in [4.78, 5) is 0.129. The van der Waals surface area contributed by atoms with Crippen molar-refractivity contribution < 1.29 is 17.5 Å². The van der Waals surface area contributed by atoms with Gasteiger partial charge in [0, 0.05) is 18.1 Å². The van der Waals surface area contributed by atoms with E-state index in [0.717, 1.165) is 5.56 Å². The van der Waals surface area contributed by atoms with E-state index in [4.69, 9.17) is 4.74 Å². The molecule has 2 rings (SSSR count). The average Bonchev–Trinajstić information content (AvgIpc) is 2.56. The van der Waals surface area contributed by atoms with E-state index in [-0.39, 0.29) is 17.3 Å². The molecule has 0 aliphatic heterocycles. The fourth-order valence-electron chi connectivity index (χ4n) is 2.12. The molecule has 2 aromatic carbocycles. The van der Waals surface area contributed by atoms with Crippen LogP contribution in [0.2, 0.25) is 0 Å². The summed E-state index contributed by atoms with van der Waals surface area (Å²) in [6.07, 6.45) is 0. The fourth-order valence-corrected chi connectivity index (χ4v) is 4.37. The van der Waals surface area contributed by atoms with Crippen molar-refractivity contribution in [3.05, 3.63) is 59.4 Å². The molecule has 0 aliphatic rings. The lowest BCUT2D eigenvalue weighted by Crippen LogP contribution is -2.26. The third-order valence-electron chi connectivity index (χ3n) is 3.36. The van der Waals surface area contributed by atoms with Gasteiger partial charge in [0.15, 0.2) is 0 Å². The number of halogens is 1. The second kappa shape index (κ2) is 8.50. The normalized spacial score (nSPS) is 11.5. The van der Waals surface area contributed by atoms with Crippen molar-refractivity contribution >= 4 is 21.8 Å². The maximum absolute atomic E-state index is 13.5. The molecule has 0 unspecified atom stereocenters.